The molecule has 0 radical (unpaired) electrons. The lowest BCUT2D eigenvalue weighted by atomic mass is 9.98. The smallest absolute Gasteiger partial charge is 0.277 e. The minimum absolute atomic E-state index is 0.119. The average molecular weight is 445 g/mol. The molecule has 31 heavy (non-hydrogen) atoms. The van der Waals surface area contributed by atoms with Gasteiger partial charge in [-0.15, -0.1) is 0 Å². The number of rotatable bonds is 11. The number of imide groups is 1. The zero-order valence-electron chi connectivity index (χ0n) is 19.2. The van der Waals surface area contributed by atoms with Crippen molar-refractivity contribution in [3.63, 3.8) is 0 Å². The van der Waals surface area contributed by atoms with Gasteiger partial charge in [0.2, 0.25) is 0 Å². The van der Waals surface area contributed by atoms with Gasteiger partial charge in [0.1, 0.15) is 5.70 Å². The van der Waals surface area contributed by atoms with Gasteiger partial charge in [-0.3, -0.25) is 14.5 Å². The Balaban J connectivity index is 1.68. The molecule has 3 rings (SSSR count). The number of unbranched alkanes of at least 4 members (excludes halogenated alkanes) is 7. The zero-order valence-corrected chi connectivity index (χ0v) is 19.9. The molecule has 1 saturated heterocycles. The fourth-order valence-electron chi connectivity index (χ4n) is 4.73. The lowest BCUT2D eigenvalue weighted by Crippen LogP contribution is -2.39. The van der Waals surface area contributed by atoms with Crippen molar-refractivity contribution in [3.05, 3.63) is 40.5 Å². The van der Waals surface area contributed by atoms with Crippen molar-refractivity contribution in [1.29, 1.82) is 0 Å². The maximum Gasteiger partial charge on any atom is 0.277 e. The Morgan fingerprint density at radius 1 is 0.935 bits per heavy atom. The topological polar surface area (TPSA) is 40.6 Å². The van der Waals surface area contributed by atoms with Crippen LogP contribution in [0.15, 0.2) is 30.0 Å². The fourth-order valence-corrected chi connectivity index (χ4v) is 4.86. The third kappa shape index (κ3) is 6.12. The molecule has 0 bridgehead atoms. The molecule has 2 amide bonds. The first-order valence-electron chi connectivity index (χ1n) is 12.1. The molecule has 2 aliphatic rings. The molecule has 5 heteroatoms. The number of carbonyl (C=O) groups is 2. The van der Waals surface area contributed by atoms with E-state index in [4.69, 9.17) is 11.6 Å². The third-order valence-electron chi connectivity index (χ3n) is 6.48. The predicted octanol–water partition coefficient (Wildman–Crippen LogP) is 6.29. The fraction of sp³-hybridized carbons (Fsp3) is 0.615. The van der Waals surface area contributed by atoms with Gasteiger partial charge in [0, 0.05) is 24.7 Å². The second kappa shape index (κ2) is 11.7. The summed E-state index contributed by atoms with van der Waals surface area (Å²) in [5.74, 6) is 0.257. The van der Waals surface area contributed by atoms with Gasteiger partial charge in [0.15, 0.2) is 0 Å². The second-order valence-corrected chi connectivity index (χ2v) is 9.60. The minimum atomic E-state index is -0.150. The van der Waals surface area contributed by atoms with Gasteiger partial charge >= 0.3 is 0 Å². The van der Waals surface area contributed by atoms with E-state index in [1.807, 2.05) is 12.1 Å². The SMILES string of the molecule is CCCCCCCCCCN1C(=O)C(c2ccc(Cl)cc2)=C(N2CCCC(C)C2)C1=O. The van der Waals surface area contributed by atoms with Crippen molar-refractivity contribution < 1.29 is 9.59 Å². The van der Waals surface area contributed by atoms with E-state index in [-0.39, 0.29) is 11.8 Å². The number of hydrogen-bond donors (Lipinski definition) is 0. The number of piperidine rings is 1. The number of carbonyl (C=O) groups excluding carboxylic acids is 2. The Kier molecular flexibility index (Phi) is 9.01. The number of benzene rings is 1. The Morgan fingerprint density at radius 3 is 2.23 bits per heavy atom. The molecule has 2 aliphatic heterocycles. The van der Waals surface area contributed by atoms with Gasteiger partial charge in [-0.2, -0.15) is 0 Å². The first kappa shape index (κ1) is 23.8. The van der Waals surface area contributed by atoms with Crippen LogP contribution in [0.1, 0.15) is 83.6 Å². The molecule has 4 nitrogen and oxygen atoms in total. The highest BCUT2D eigenvalue weighted by atomic mass is 35.5. The predicted molar refractivity (Wildman–Crippen MR) is 128 cm³/mol. The molecule has 0 N–H and O–H groups in total. The lowest BCUT2D eigenvalue weighted by molar-refractivity contribution is -0.137. The summed E-state index contributed by atoms with van der Waals surface area (Å²) in [6.07, 6.45) is 11.8. The number of hydrogen-bond acceptors (Lipinski definition) is 3. The number of amides is 2. The Bertz CT molecular complexity index is 787. The second-order valence-electron chi connectivity index (χ2n) is 9.16. The summed E-state index contributed by atoms with van der Waals surface area (Å²) < 4.78 is 0. The molecule has 0 saturated carbocycles. The van der Waals surface area contributed by atoms with E-state index in [0.29, 0.717) is 28.8 Å². The van der Waals surface area contributed by atoms with Crippen molar-refractivity contribution in [3.8, 4) is 0 Å². The Morgan fingerprint density at radius 2 is 1.58 bits per heavy atom. The molecule has 0 spiro atoms. The van der Waals surface area contributed by atoms with E-state index in [2.05, 4.69) is 18.7 Å². The van der Waals surface area contributed by atoms with Crippen molar-refractivity contribution in [2.45, 2.75) is 78.1 Å². The minimum Gasteiger partial charge on any atom is -0.366 e. The largest absolute Gasteiger partial charge is 0.366 e. The van der Waals surface area contributed by atoms with Crippen LogP contribution >= 0.6 is 11.6 Å². The molecule has 2 heterocycles. The summed E-state index contributed by atoms with van der Waals surface area (Å²) in [6, 6.07) is 7.30. The Labute approximate surface area is 192 Å². The van der Waals surface area contributed by atoms with E-state index in [9.17, 15) is 9.59 Å². The molecular formula is C26H37ClN2O2. The third-order valence-corrected chi connectivity index (χ3v) is 6.74. The van der Waals surface area contributed by atoms with Crippen LogP contribution in [0.4, 0.5) is 0 Å². The lowest BCUT2D eigenvalue weighted by Gasteiger charge is -2.33. The summed E-state index contributed by atoms with van der Waals surface area (Å²) in [5, 5.41) is 0.630. The van der Waals surface area contributed by atoms with Gasteiger partial charge < -0.3 is 4.90 Å². The molecule has 1 fully saturated rings. The highest BCUT2D eigenvalue weighted by Crippen LogP contribution is 2.34. The van der Waals surface area contributed by atoms with Crippen LogP contribution in [0.25, 0.3) is 5.57 Å². The summed E-state index contributed by atoms with van der Waals surface area (Å²) in [4.78, 5) is 30.4. The summed E-state index contributed by atoms with van der Waals surface area (Å²) in [6.45, 7) is 6.62. The maximum atomic E-state index is 13.4. The molecular weight excluding hydrogens is 408 g/mol. The molecule has 170 valence electrons. The van der Waals surface area contributed by atoms with Gasteiger partial charge in [0.25, 0.3) is 11.8 Å². The molecule has 0 aliphatic carbocycles. The van der Waals surface area contributed by atoms with Crippen molar-refractivity contribution in [2.75, 3.05) is 19.6 Å². The zero-order chi connectivity index (χ0) is 22.2. The monoisotopic (exact) mass is 444 g/mol. The highest BCUT2D eigenvalue weighted by molar-refractivity contribution is 6.36. The van der Waals surface area contributed by atoms with E-state index in [1.165, 1.54) is 49.8 Å². The first-order chi connectivity index (χ1) is 15.0. The van der Waals surface area contributed by atoms with Gasteiger partial charge in [0.05, 0.1) is 5.57 Å². The number of halogens is 1. The number of nitrogens with zero attached hydrogens (tertiary/aromatic N) is 2. The van der Waals surface area contributed by atoms with Crippen LogP contribution < -0.4 is 0 Å². The van der Waals surface area contributed by atoms with Crippen LogP contribution in [0.5, 0.6) is 0 Å². The molecule has 1 unspecified atom stereocenters. The van der Waals surface area contributed by atoms with Gasteiger partial charge in [-0.05, 0) is 42.9 Å². The van der Waals surface area contributed by atoms with Crippen LogP contribution in [0, 0.1) is 5.92 Å². The van der Waals surface area contributed by atoms with Crippen molar-refractivity contribution in [2.24, 2.45) is 5.92 Å². The summed E-state index contributed by atoms with van der Waals surface area (Å²) in [7, 11) is 0. The van der Waals surface area contributed by atoms with Gasteiger partial charge in [-0.25, -0.2) is 0 Å². The standard InChI is InChI=1S/C26H37ClN2O2/c1-3-4-5-6-7-8-9-10-18-29-25(30)23(21-13-15-22(27)16-14-21)24(26(29)31)28-17-11-12-20(2)19-28/h13-16,20H,3-12,17-19H2,1-2H3. The Hall–Kier alpha value is -1.81. The van der Waals surface area contributed by atoms with Crippen LogP contribution in [-0.4, -0.2) is 41.2 Å². The maximum absolute atomic E-state index is 13.4. The molecule has 1 aromatic carbocycles. The van der Waals surface area contributed by atoms with Crippen LogP contribution in [0.3, 0.4) is 0 Å². The molecule has 0 aromatic heterocycles. The normalized spacial score (nSPS) is 19.6. The quantitative estimate of drug-likeness (QED) is 0.297. The first-order valence-corrected chi connectivity index (χ1v) is 12.5. The summed E-state index contributed by atoms with van der Waals surface area (Å²) >= 11 is 6.07. The molecule has 1 atom stereocenters. The van der Waals surface area contributed by atoms with Crippen LogP contribution in [0.2, 0.25) is 5.02 Å². The van der Waals surface area contributed by atoms with E-state index < -0.39 is 0 Å². The van der Waals surface area contributed by atoms with E-state index >= 15 is 0 Å². The average Bonchev–Trinajstić information content (AvgIpc) is 3.00. The highest BCUT2D eigenvalue weighted by Gasteiger charge is 2.41. The van der Waals surface area contributed by atoms with E-state index in [0.717, 1.165) is 37.9 Å². The number of likely N-dealkylation sites (tertiary alicyclic amines) is 1. The van der Waals surface area contributed by atoms with Crippen molar-refractivity contribution in [1.82, 2.24) is 9.80 Å². The molecule has 1 aromatic rings. The van der Waals surface area contributed by atoms with E-state index in [1.54, 1.807) is 12.1 Å². The van der Waals surface area contributed by atoms with Crippen molar-refractivity contribution >= 4 is 29.0 Å². The van der Waals surface area contributed by atoms with Crippen LogP contribution in [-0.2, 0) is 9.59 Å². The summed E-state index contributed by atoms with van der Waals surface area (Å²) in [5.41, 5.74) is 1.93. The van der Waals surface area contributed by atoms with Gasteiger partial charge in [-0.1, -0.05) is 82.5 Å².